The van der Waals surface area contributed by atoms with E-state index in [2.05, 4.69) is 29.8 Å². The predicted octanol–water partition coefficient (Wildman–Crippen LogP) is 3.51. The van der Waals surface area contributed by atoms with Gasteiger partial charge in [0.25, 0.3) is 0 Å². The van der Waals surface area contributed by atoms with E-state index in [0.29, 0.717) is 10.9 Å². The highest BCUT2D eigenvalue weighted by Crippen LogP contribution is 2.25. The van der Waals surface area contributed by atoms with Gasteiger partial charge in [-0.3, -0.25) is 0 Å². The molecule has 4 heteroatoms. The van der Waals surface area contributed by atoms with E-state index in [9.17, 15) is 0 Å². The normalized spacial score (nSPS) is 12.6. The van der Waals surface area contributed by atoms with Crippen LogP contribution in [0.1, 0.15) is 26.3 Å². The van der Waals surface area contributed by atoms with Crippen LogP contribution in [0.5, 0.6) is 5.75 Å². The van der Waals surface area contributed by atoms with E-state index in [4.69, 9.17) is 22.7 Å². The van der Waals surface area contributed by atoms with Crippen LogP contribution in [0.3, 0.4) is 0 Å². The van der Waals surface area contributed by atoms with Gasteiger partial charge in [-0.2, -0.15) is 0 Å². The molecule has 1 atom stereocenters. The van der Waals surface area contributed by atoms with Gasteiger partial charge in [-0.25, -0.2) is 0 Å². The molecule has 1 aromatic rings. The Hall–Kier alpha value is -0.610. The number of rotatable bonds is 4. The summed E-state index contributed by atoms with van der Waals surface area (Å²) in [6, 6.07) is 5.69. The Balaban J connectivity index is 2.99. The number of halogens is 1. The zero-order valence-corrected chi connectivity index (χ0v) is 12.1. The first-order valence-electron chi connectivity index (χ1n) is 5.18. The predicted molar refractivity (Wildman–Crippen MR) is 75.0 cm³/mol. The fourth-order valence-corrected chi connectivity index (χ4v) is 1.65. The number of hydrogen-bond acceptors (Lipinski definition) is 2. The lowest BCUT2D eigenvalue weighted by molar-refractivity contribution is 0.170. The Morgan fingerprint density at radius 2 is 2.00 bits per heavy atom. The summed E-state index contributed by atoms with van der Waals surface area (Å²) in [7, 11) is 0. The van der Waals surface area contributed by atoms with Crippen molar-refractivity contribution in [3.8, 4) is 5.75 Å². The molecule has 2 nitrogen and oxygen atoms in total. The molecule has 0 aromatic heterocycles. The van der Waals surface area contributed by atoms with Gasteiger partial charge in [0.2, 0.25) is 0 Å². The van der Waals surface area contributed by atoms with Crippen molar-refractivity contribution in [2.45, 2.75) is 26.9 Å². The number of ether oxygens (including phenoxy) is 1. The smallest absolute Gasteiger partial charge is 0.129 e. The molecule has 2 N–H and O–H groups in total. The Kier molecular flexibility index (Phi) is 4.74. The first-order valence-corrected chi connectivity index (χ1v) is 6.38. The number of thiocarbonyl (C=S) groups is 1. The Labute approximate surface area is 110 Å². The molecule has 0 bridgehead atoms. The summed E-state index contributed by atoms with van der Waals surface area (Å²) >= 11 is 8.39. The highest BCUT2D eigenvalue weighted by Gasteiger charge is 2.13. The summed E-state index contributed by atoms with van der Waals surface area (Å²) in [5, 5.41) is 0. The number of benzene rings is 1. The Bertz CT molecular complexity index is 393. The topological polar surface area (TPSA) is 35.2 Å². The molecule has 0 fully saturated rings. The van der Waals surface area contributed by atoms with Gasteiger partial charge < -0.3 is 10.5 Å². The van der Waals surface area contributed by atoms with Crippen LogP contribution in [-0.4, -0.2) is 11.1 Å². The second-order valence-corrected chi connectivity index (χ2v) is 5.43. The standard InChI is InChI=1S/C12H16BrNOS/c1-7(2)8(3)15-11-5-4-9(13)6-10(11)12(14)16/h4-8H,1-3H3,(H2,14,16). The van der Waals surface area contributed by atoms with Crippen LogP contribution < -0.4 is 10.5 Å². The summed E-state index contributed by atoms with van der Waals surface area (Å²) in [5.41, 5.74) is 6.44. The molecular weight excluding hydrogens is 286 g/mol. The van der Waals surface area contributed by atoms with Crippen LogP contribution in [0.2, 0.25) is 0 Å². The molecule has 16 heavy (non-hydrogen) atoms. The fourth-order valence-electron chi connectivity index (χ4n) is 1.13. The van der Waals surface area contributed by atoms with Crippen molar-refractivity contribution in [2.24, 2.45) is 11.7 Å². The first kappa shape index (κ1) is 13.5. The van der Waals surface area contributed by atoms with Crippen molar-refractivity contribution in [1.29, 1.82) is 0 Å². The molecule has 0 radical (unpaired) electrons. The maximum absolute atomic E-state index is 5.83. The third-order valence-electron chi connectivity index (χ3n) is 2.46. The van der Waals surface area contributed by atoms with Crippen molar-refractivity contribution < 1.29 is 4.74 Å². The summed E-state index contributed by atoms with van der Waals surface area (Å²) < 4.78 is 6.78. The summed E-state index contributed by atoms with van der Waals surface area (Å²) in [5.74, 6) is 1.19. The molecule has 0 amide bonds. The van der Waals surface area contributed by atoms with Gasteiger partial charge in [0.15, 0.2) is 0 Å². The van der Waals surface area contributed by atoms with Gasteiger partial charge in [0.1, 0.15) is 10.7 Å². The van der Waals surface area contributed by atoms with Crippen LogP contribution in [0, 0.1) is 5.92 Å². The SMILES string of the molecule is CC(C)C(C)Oc1ccc(Br)cc1C(N)=S. The summed E-state index contributed by atoms with van der Waals surface area (Å²) in [6.07, 6.45) is 0.134. The van der Waals surface area contributed by atoms with Gasteiger partial charge >= 0.3 is 0 Å². The van der Waals surface area contributed by atoms with Crippen LogP contribution >= 0.6 is 28.1 Å². The van der Waals surface area contributed by atoms with Crippen molar-refractivity contribution in [3.05, 3.63) is 28.2 Å². The maximum atomic E-state index is 5.83. The molecule has 1 aromatic carbocycles. The first-order chi connectivity index (χ1) is 7.41. The lowest BCUT2D eigenvalue weighted by Gasteiger charge is -2.20. The van der Waals surface area contributed by atoms with Crippen LogP contribution in [0.15, 0.2) is 22.7 Å². The average Bonchev–Trinajstić information content (AvgIpc) is 2.20. The second kappa shape index (κ2) is 5.64. The molecule has 0 saturated carbocycles. The van der Waals surface area contributed by atoms with Crippen molar-refractivity contribution >= 4 is 33.1 Å². The van der Waals surface area contributed by atoms with E-state index in [-0.39, 0.29) is 6.10 Å². The Morgan fingerprint density at radius 3 is 2.50 bits per heavy atom. The van der Waals surface area contributed by atoms with Crippen LogP contribution in [0.4, 0.5) is 0 Å². The fraction of sp³-hybridized carbons (Fsp3) is 0.417. The van der Waals surface area contributed by atoms with Crippen LogP contribution in [-0.2, 0) is 0 Å². The van der Waals surface area contributed by atoms with Gasteiger partial charge in [-0.1, -0.05) is 42.0 Å². The molecule has 0 heterocycles. The van der Waals surface area contributed by atoms with Gasteiger partial charge in [-0.15, -0.1) is 0 Å². The lowest BCUT2D eigenvalue weighted by Crippen LogP contribution is -2.21. The highest BCUT2D eigenvalue weighted by molar-refractivity contribution is 9.10. The maximum Gasteiger partial charge on any atom is 0.129 e. The van der Waals surface area contributed by atoms with E-state index in [1.165, 1.54) is 0 Å². The summed E-state index contributed by atoms with van der Waals surface area (Å²) in [6.45, 7) is 6.27. The largest absolute Gasteiger partial charge is 0.490 e. The van der Waals surface area contributed by atoms with Gasteiger partial charge in [-0.05, 0) is 31.0 Å². The molecule has 1 unspecified atom stereocenters. The summed E-state index contributed by atoms with van der Waals surface area (Å²) in [4.78, 5) is 0.354. The van der Waals surface area contributed by atoms with Crippen molar-refractivity contribution in [1.82, 2.24) is 0 Å². The van der Waals surface area contributed by atoms with Gasteiger partial charge in [0.05, 0.1) is 11.7 Å². The van der Waals surface area contributed by atoms with E-state index >= 15 is 0 Å². The molecule has 0 aliphatic rings. The molecule has 0 saturated heterocycles. The van der Waals surface area contributed by atoms with E-state index in [0.717, 1.165) is 15.8 Å². The van der Waals surface area contributed by atoms with Crippen molar-refractivity contribution in [2.75, 3.05) is 0 Å². The molecule has 88 valence electrons. The Morgan fingerprint density at radius 1 is 1.38 bits per heavy atom. The third-order valence-corrected chi connectivity index (χ3v) is 3.17. The second-order valence-electron chi connectivity index (χ2n) is 4.07. The quantitative estimate of drug-likeness (QED) is 0.865. The lowest BCUT2D eigenvalue weighted by atomic mass is 10.1. The number of hydrogen-bond donors (Lipinski definition) is 1. The average molecular weight is 302 g/mol. The van der Waals surface area contributed by atoms with Crippen LogP contribution in [0.25, 0.3) is 0 Å². The number of nitrogens with two attached hydrogens (primary N) is 1. The van der Waals surface area contributed by atoms with Gasteiger partial charge in [0, 0.05) is 4.47 Å². The molecule has 0 aliphatic heterocycles. The molecule has 1 rings (SSSR count). The van der Waals surface area contributed by atoms with E-state index < -0.39 is 0 Å². The zero-order valence-electron chi connectivity index (χ0n) is 9.66. The minimum absolute atomic E-state index is 0.134. The zero-order chi connectivity index (χ0) is 12.3. The van der Waals surface area contributed by atoms with E-state index in [1.807, 2.05) is 25.1 Å². The molecular formula is C12H16BrNOS. The molecule has 0 spiro atoms. The van der Waals surface area contributed by atoms with E-state index in [1.54, 1.807) is 0 Å². The monoisotopic (exact) mass is 301 g/mol. The minimum atomic E-state index is 0.134. The molecule has 0 aliphatic carbocycles. The third kappa shape index (κ3) is 3.46. The van der Waals surface area contributed by atoms with Crippen molar-refractivity contribution in [3.63, 3.8) is 0 Å². The highest BCUT2D eigenvalue weighted by atomic mass is 79.9. The minimum Gasteiger partial charge on any atom is -0.490 e.